The van der Waals surface area contributed by atoms with Crippen molar-refractivity contribution in [1.29, 1.82) is 0 Å². The van der Waals surface area contributed by atoms with Gasteiger partial charge in [-0.15, -0.1) is 4.09 Å². The molecule has 16 heteroatoms. The molecule has 12 nitrogen and oxygen atoms in total. The smallest absolute Gasteiger partial charge is 0.493 e. The highest BCUT2D eigenvalue weighted by Crippen LogP contribution is 2.25. The van der Waals surface area contributed by atoms with Gasteiger partial charge in [-0.2, -0.15) is 26.6 Å². The molecule has 4 rings (SSSR count). The predicted molar refractivity (Wildman–Crippen MR) is 126 cm³/mol. The Hall–Kier alpha value is -4.47. The number of alkyl halides is 3. The van der Waals surface area contributed by atoms with Crippen LogP contribution in [0, 0.1) is 0 Å². The molecule has 0 aliphatic rings. The van der Waals surface area contributed by atoms with E-state index in [2.05, 4.69) is 25.4 Å². The van der Waals surface area contributed by atoms with Gasteiger partial charge in [0.2, 0.25) is 0 Å². The van der Waals surface area contributed by atoms with E-state index in [1.54, 1.807) is 48.5 Å². The van der Waals surface area contributed by atoms with Gasteiger partial charge in [-0.3, -0.25) is 9.59 Å². The van der Waals surface area contributed by atoms with Crippen LogP contribution in [0.25, 0.3) is 10.9 Å². The van der Waals surface area contributed by atoms with Gasteiger partial charge in [0.25, 0.3) is 11.5 Å². The third-order valence-electron chi connectivity index (χ3n) is 4.96. The topological polar surface area (TPSA) is 158 Å². The molecule has 2 N–H and O–H groups in total. The van der Waals surface area contributed by atoms with Crippen molar-refractivity contribution in [2.45, 2.75) is 18.5 Å². The number of hydrogen-bond donors (Lipinski definition) is 2. The van der Waals surface area contributed by atoms with E-state index in [1.807, 2.05) is 0 Å². The maximum atomic E-state index is 12.5. The fraction of sp³-hybridized carbons (Fsp3) is 0.227. The number of benzene rings is 2. The minimum atomic E-state index is -5.67. The molecular weight excluding hydrogens is 533 g/mol. The second-order valence-electron chi connectivity index (χ2n) is 7.66. The van der Waals surface area contributed by atoms with Crippen molar-refractivity contribution in [3.8, 4) is 11.8 Å². The number of ether oxygens (including phenoxy) is 2. The number of carbonyl (C=O) groups is 1. The first-order valence-electron chi connectivity index (χ1n) is 10.9. The van der Waals surface area contributed by atoms with Crippen LogP contribution in [0.4, 0.5) is 13.2 Å². The molecule has 0 atom stereocenters. The first-order valence-corrected chi connectivity index (χ1v) is 12.3. The van der Waals surface area contributed by atoms with Crippen LogP contribution in [0.5, 0.6) is 11.8 Å². The maximum absolute atomic E-state index is 12.5. The normalized spacial score (nSPS) is 11.9. The van der Waals surface area contributed by atoms with Crippen LogP contribution < -0.4 is 20.3 Å². The number of nitrogens with one attached hydrogen (secondary N) is 2. The Morgan fingerprint density at radius 3 is 2.63 bits per heavy atom. The van der Waals surface area contributed by atoms with Crippen molar-refractivity contribution in [2.24, 2.45) is 0 Å². The first kappa shape index (κ1) is 26.6. The Kier molecular flexibility index (Phi) is 7.61. The molecule has 1 amide bonds. The lowest BCUT2D eigenvalue weighted by Crippen LogP contribution is -2.30. The molecule has 0 saturated carbocycles. The van der Waals surface area contributed by atoms with E-state index in [9.17, 15) is 31.2 Å². The van der Waals surface area contributed by atoms with Gasteiger partial charge in [0.15, 0.2) is 5.82 Å². The number of H-pyrrole nitrogens is 1. The summed E-state index contributed by atoms with van der Waals surface area (Å²) in [4.78, 5) is 34.7. The molecule has 200 valence electrons. The van der Waals surface area contributed by atoms with Crippen molar-refractivity contribution >= 4 is 26.8 Å². The largest absolute Gasteiger partial charge is 0.518 e. The number of halogens is 3. The molecule has 2 heterocycles. The minimum absolute atomic E-state index is 0.0528. The second-order valence-corrected chi connectivity index (χ2v) is 9.45. The van der Waals surface area contributed by atoms with Crippen LogP contribution in [0.3, 0.4) is 0 Å². The van der Waals surface area contributed by atoms with Crippen LogP contribution in [-0.4, -0.2) is 57.2 Å². The van der Waals surface area contributed by atoms with Gasteiger partial charge in [-0.25, -0.2) is 4.98 Å². The van der Waals surface area contributed by atoms with Crippen LogP contribution in [0.15, 0.2) is 59.7 Å². The summed E-state index contributed by atoms with van der Waals surface area (Å²) in [6.07, 6.45) is 0.676. The van der Waals surface area contributed by atoms with E-state index in [0.717, 1.165) is 0 Å². The summed E-state index contributed by atoms with van der Waals surface area (Å²) in [5.41, 5.74) is -4.84. The number of rotatable bonds is 10. The van der Waals surface area contributed by atoms with Gasteiger partial charge in [0.05, 0.1) is 24.1 Å². The molecule has 0 saturated heterocycles. The third kappa shape index (κ3) is 6.08. The summed E-state index contributed by atoms with van der Waals surface area (Å²) in [6, 6.07) is 12.9. The lowest BCUT2D eigenvalue weighted by molar-refractivity contribution is -0.0449. The number of carbonyl (C=O) groups excluding carboxylic acids is 1. The zero-order valence-electron chi connectivity index (χ0n) is 19.3. The molecule has 0 aliphatic carbocycles. The highest BCUT2D eigenvalue weighted by atomic mass is 32.2. The van der Waals surface area contributed by atoms with Crippen molar-refractivity contribution in [3.63, 3.8) is 0 Å². The monoisotopic (exact) mass is 552 g/mol. The quantitative estimate of drug-likeness (QED) is 0.281. The van der Waals surface area contributed by atoms with Gasteiger partial charge in [0.1, 0.15) is 12.1 Å². The van der Waals surface area contributed by atoms with Crippen LogP contribution in [0.1, 0.15) is 22.6 Å². The van der Waals surface area contributed by atoms with Crippen molar-refractivity contribution in [2.75, 3.05) is 13.2 Å². The van der Waals surface area contributed by atoms with Crippen LogP contribution >= 0.6 is 0 Å². The van der Waals surface area contributed by atoms with Gasteiger partial charge in [-0.05, 0) is 29.8 Å². The number of para-hydroxylation sites is 1. The van der Waals surface area contributed by atoms with E-state index in [4.69, 9.17) is 9.47 Å². The summed E-state index contributed by atoms with van der Waals surface area (Å²) in [7, 11) is -5.67. The fourth-order valence-corrected chi connectivity index (χ4v) is 3.70. The van der Waals surface area contributed by atoms with Gasteiger partial charge in [0, 0.05) is 13.0 Å². The molecule has 4 aromatic rings. The summed E-state index contributed by atoms with van der Waals surface area (Å²) in [5, 5.41) is 6.22. The Balaban J connectivity index is 1.24. The van der Waals surface area contributed by atoms with E-state index in [-0.39, 0.29) is 36.1 Å². The van der Waals surface area contributed by atoms with Crippen molar-refractivity contribution < 1.29 is 35.9 Å². The van der Waals surface area contributed by atoms with Gasteiger partial charge >= 0.3 is 21.5 Å². The van der Waals surface area contributed by atoms with Gasteiger partial charge in [-0.1, -0.05) is 29.4 Å². The lowest BCUT2D eigenvalue weighted by Gasteiger charge is -2.09. The highest BCUT2D eigenvalue weighted by molar-refractivity contribution is 7.90. The third-order valence-corrected chi connectivity index (χ3v) is 6.21. The second kappa shape index (κ2) is 10.9. The Morgan fingerprint density at radius 1 is 1.08 bits per heavy atom. The number of aromatic nitrogens is 5. The highest BCUT2D eigenvalue weighted by Gasteiger charge is 2.48. The molecule has 0 radical (unpaired) electrons. The first-order chi connectivity index (χ1) is 18.0. The Labute approximate surface area is 212 Å². The van der Waals surface area contributed by atoms with Crippen molar-refractivity contribution in [1.82, 2.24) is 29.5 Å². The average Bonchev–Trinajstić information content (AvgIpc) is 3.36. The van der Waals surface area contributed by atoms with E-state index in [0.29, 0.717) is 28.5 Å². The number of amides is 1. The van der Waals surface area contributed by atoms with Crippen molar-refractivity contribution in [3.05, 3.63) is 76.6 Å². The number of aromatic amines is 1. The number of hydrogen-bond acceptors (Lipinski definition) is 9. The molecule has 0 spiro atoms. The lowest BCUT2D eigenvalue weighted by atomic mass is 10.2. The van der Waals surface area contributed by atoms with Crippen LogP contribution in [-0.2, 0) is 16.6 Å². The molecule has 38 heavy (non-hydrogen) atoms. The zero-order valence-corrected chi connectivity index (χ0v) is 20.1. The summed E-state index contributed by atoms with van der Waals surface area (Å²) >= 11 is 0. The molecular formula is C22H19F3N6O6S. The predicted octanol–water partition coefficient (Wildman–Crippen LogP) is 1.99. The molecule has 0 bridgehead atoms. The minimum Gasteiger partial charge on any atom is -0.493 e. The zero-order chi connectivity index (χ0) is 27.3. The SMILES string of the molecule is O=C(NCc1cccc(OCCCOc2ncn(S(=O)(=O)C(F)(F)F)n2)c1)c1nc2ccccc2c(=O)[nH]1. The molecule has 2 aromatic heterocycles. The molecule has 2 aromatic carbocycles. The summed E-state index contributed by atoms with van der Waals surface area (Å²) in [5.74, 6) is -0.195. The van der Waals surface area contributed by atoms with E-state index in [1.165, 1.54) is 0 Å². The Morgan fingerprint density at radius 2 is 1.84 bits per heavy atom. The number of fused-ring (bicyclic) bond motifs is 1. The summed E-state index contributed by atoms with van der Waals surface area (Å²) in [6.45, 7) is 0.229. The molecule has 0 unspecified atom stereocenters. The van der Waals surface area contributed by atoms with E-state index < -0.39 is 33.0 Å². The number of nitrogens with zero attached hydrogens (tertiary/aromatic N) is 4. The average molecular weight is 552 g/mol. The molecule has 0 aliphatic heterocycles. The maximum Gasteiger partial charge on any atom is 0.518 e. The standard InChI is InChI=1S/C22H19F3N6O6S/c23-22(24,25)38(34,35)31-13-27-21(30-31)37-10-4-9-36-15-6-3-5-14(11-15)12-26-20(33)18-28-17-8-2-1-7-16(17)19(32)29-18/h1-3,5-8,11,13H,4,9-10,12H2,(H,26,33)(H,28,29,32). The van der Waals surface area contributed by atoms with E-state index >= 15 is 0 Å². The summed E-state index contributed by atoms with van der Waals surface area (Å²) < 4.78 is 70.5. The van der Waals surface area contributed by atoms with Gasteiger partial charge < -0.3 is 19.8 Å². The molecule has 0 fully saturated rings. The Bertz CT molecular complexity index is 1620. The van der Waals surface area contributed by atoms with Crippen LogP contribution in [0.2, 0.25) is 0 Å². The fourth-order valence-electron chi connectivity index (χ4n) is 3.14.